The number of hydrogen-bond donors (Lipinski definition) is 2. The van der Waals surface area contributed by atoms with Crippen LogP contribution >= 0.6 is 0 Å². The molecule has 0 radical (unpaired) electrons. The summed E-state index contributed by atoms with van der Waals surface area (Å²) in [4.78, 5) is 37.3. The van der Waals surface area contributed by atoms with Gasteiger partial charge in [-0.2, -0.15) is 0 Å². The van der Waals surface area contributed by atoms with E-state index in [9.17, 15) is 14.4 Å². The number of carbonyl (C=O) groups excluding carboxylic acids is 2. The van der Waals surface area contributed by atoms with E-state index in [0.717, 1.165) is 0 Å². The molecule has 3 amide bonds. The number of nitrogens with one attached hydrogen (secondary N) is 1. The third-order valence-electron chi connectivity index (χ3n) is 3.62. The molecule has 2 saturated heterocycles. The van der Waals surface area contributed by atoms with Crippen LogP contribution in [0.1, 0.15) is 25.7 Å². The maximum absolute atomic E-state index is 12.0. The number of nitrogens with zero attached hydrogens (tertiary/aromatic N) is 2. The van der Waals surface area contributed by atoms with Crippen molar-refractivity contribution in [2.45, 2.75) is 31.7 Å². The van der Waals surface area contributed by atoms with Gasteiger partial charge in [0, 0.05) is 39.0 Å². The fraction of sp³-hybridized carbons (Fsp3) is 0.750. The SMILES string of the molecule is O=C(O)CCCCC(=O)N1CCN2C(=O)NCC2C1. The van der Waals surface area contributed by atoms with Crippen molar-refractivity contribution in [1.29, 1.82) is 0 Å². The van der Waals surface area contributed by atoms with Crippen molar-refractivity contribution in [2.75, 3.05) is 26.2 Å². The molecular formula is C12H19N3O4. The standard InChI is InChI=1S/C12H19N3O4/c16-10(3-1-2-4-11(17)18)14-5-6-15-9(8-14)7-13-12(15)19/h9H,1-8H2,(H,13,19)(H,17,18). The molecule has 1 atom stereocenters. The summed E-state index contributed by atoms with van der Waals surface area (Å²) >= 11 is 0. The molecule has 19 heavy (non-hydrogen) atoms. The minimum atomic E-state index is -0.823. The van der Waals surface area contributed by atoms with Gasteiger partial charge in [0.05, 0.1) is 6.04 Å². The van der Waals surface area contributed by atoms with Crippen LogP contribution < -0.4 is 5.32 Å². The molecule has 7 nitrogen and oxygen atoms in total. The Balaban J connectivity index is 1.72. The Morgan fingerprint density at radius 3 is 2.74 bits per heavy atom. The van der Waals surface area contributed by atoms with Gasteiger partial charge in [0.2, 0.25) is 5.91 Å². The topological polar surface area (TPSA) is 90.0 Å². The molecule has 0 saturated carbocycles. The predicted octanol–water partition coefficient (Wildman–Crippen LogP) is -0.133. The lowest BCUT2D eigenvalue weighted by atomic mass is 10.1. The van der Waals surface area contributed by atoms with E-state index in [4.69, 9.17) is 5.11 Å². The summed E-state index contributed by atoms with van der Waals surface area (Å²) < 4.78 is 0. The van der Waals surface area contributed by atoms with E-state index in [0.29, 0.717) is 45.4 Å². The highest BCUT2D eigenvalue weighted by molar-refractivity contribution is 5.79. The average Bonchev–Trinajstić information content (AvgIpc) is 2.75. The first-order valence-corrected chi connectivity index (χ1v) is 6.62. The highest BCUT2D eigenvalue weighted by atomic mass is 16.4. The number of carbonyl (C=O) groups is 3. The summed E-state index contributed by atoms with van der Waals surface area (Å²) in [5.41, 5.74) is 0. The molecule has 0 bridgehead atoms. The number of fused-ring (bicyclic) bond motifs is 1. The van der Waals surface area contributed by atoms with Gasteiger partial charge in [-0.1, -0.05) is 0 Å². The Kier molecular flexibility index (Phi) is 4.24. The van der Waals surface area contributed by atoms with E-state index in [2.05, 4.69) is 5.32 Å². The van der Waals surface area contributed by atoms with Gasteiger partial charge < -0.3 is 20.2 Å². The van der Waals surface area contributed by atoms with Gasteiger partial charge in [-0.3, -0.25) is 9.59 Å². The lowest BCUT2D eigenvalue weighted by molar-refractivity contribution is -0.138. The van der Waals surface area contributed by atoms with Crippen LogP contribution in [0.15, 0.2) is 0 Å². The molecule has 2 aliphatic rings. The maximum Gasteiger partial charge on any atom is 0.317 e. The molecule has 2 N–H and O–H groups in total. The third kappa shape index (κ3) is 3.36. The number of carboxylic acid groups (broad SMARTS) is 1. The lowest BCUT2D eigenvalue weighted by Gasteiger charge is -2.36. The predicted molar refractivity (Wildman–Crippen MR) is 66.6 cm³/mol. The zero-order valence-corrected chi connectivity index (χ0v) is 10.8. The molecule has 2 aliphatic heterocycles. The number of piperazine rings is 1. The Morgan fingerprint density at radius 2 is 2.00 bits per heavy atom. The van der Waals surface area contributed by atoms with Crippen LogP contribution in [0.5, 0.6) is 0 Å². The Labute approximate surface area is 111 Å². The number of hydrogen-bond acceptors (Lipinski definition) is 3. The lowest BCUT2D eigenvalue weighted by Crippen LogP contribution is -2.53. The van der Waals surface area contributed by atoms with Gasteiger partial charge in [0.1, 0.15) is 0 Å². The van der Waals surface area contributed by atoms with Gasteiger partial charge in [-0.15, -0.1) is 0 Å². The first kappa shape index (κ1) is 13.6. The largest absolute Gasteiger partial charge is 0.481 e. The zero-order chi connectivity index (χ0) is 13.8. The van der Waals surface area contributed by atoms with Gasteiger partial charge in [-0.05, 0) is 12.8 Å². The average molecular weight is 269 g/mol. The number of rotatable bonds is 5. The van der Waals surface area contributed by atoms with Crippen molar-refractivity contribution in [3.05, 3.63) is 0 Å². The van der Waals surface area contributed by atoms with Crippen LogP contribution in [0.3, 0.4) is 0 Å². The smallest absolute Gasteiger partial charge is 0.317 e. The molecule has 0 aliphatic carbocycles. The van der Waals surface area contributed by atoms with Gasteiger partial charge in [0.25, 0.3) is 0 Å². The molecule has 0 aromatic rings. The van der Waals surface area contributed by atoms with Crippen LogP contribution in [0, 0.1) is 0 Å². The summed E-state index contributed by atoms with van der Waals surface area (Å²) in [5.74, 6) is -0.763. The van der Waals surface area contributed by atoms with Gasteiger partial charge in [0.15, 0.2) is 0 Å². The number of unbranched alkanes of at least 4 members (excludes halogenated alkanes) is 1. The van der Waals surface area contributed by atoms with Crippen LogP contribution in [0.25, 0.3) is 0 Å². The summed E-state index contributed by atoms with van der Waals surface area (Å²) in [6.07, 6.45) is 1.64. The normalized spacial score (nSPS) is 22.1. The van der Waals surface area contributed by atoms with Gasteiger partial charge >= 0.3 is 12.0 Å². The number of carboxylic acids is 1. The van der Waals surface area contributed by atoms with E-state index in [1.54, 1.807) is 9.80 Å². The first-order chi connectivity index (χ1) is 9.08. The van der Waals surface area contributed by atoms with Crippen LogP contribution in [0.2, 0.25) is 0 Å². The van der Waals surface area contributed by atoms with E-state index in [-0.39, 0.29) is 24.4 Å². The van der Waals surface area contributed by atoms with E-state index in [1.807, 2.05) is 0 Å². The van der Waals surface area contributed by atoms with E-state index < -0.39 is 5.97 Å². The van der Waals surface area contributed by atoms with Crippen molar-refractivity contribution in [1.82, 2.24) is 15.1 Å². The Hall–Kier alpha value is -1.79. The quantitative estimate of drug-likeness (QED) is 0.680. The van der Waals surface area contributed by atoms with Crippen molar-refractivity contribution in [3.8, 4) is 0 Å². The molecule has 2 fully saturated rings. The molecule has 2 heterocycles. The third-order valence-corrected chi connectivity index (χ3v) is 3.62. The molecule has 1 unspecified atom stereocenters. The van der Waals surface area contributed by atoms with Crippen molar-refractivity contribution < 1.29 is 19.5 Å². The maximum atomic E-state index is 12.0. The Bertz CT molecular complexity index is 385. The summed E-state index contributed by atoms with van der Waals surface area (Å²) in [6.45, 7) is 2.33. The van der Waals surface area contributed by atoms with Gasteiger partial charge in [-0.25, -0.2) is 4.79 Å². The second kappa shape index (κ2) is 5.90. The van der Waals surface area contributed by atoms with Crippen molar-refractivity contribution >= 4 is 17.9 Å². The number of urea groups is 1. The van der Waals surface area contributed by atoms with Crippen molar-refractivity contribution in [3.63, 3.8) is 0 Å². The van der Waals surface area contributed by atoms with E-state index >= 15 is 0 Å². The molecular weight excluding hydrogens is 250 g/mol. The van der Waals surface area contributed by atoms with Crippen LogP contribution in [-0.2, 0) is 9.59 Å². The number of aliphatic carboxylic acids is 1. The molecule has 0 spiro atoms. The molecule has 106 valence electrons. The molecule has 2 rings (SSSR count). The molecule has 0 aromatic heterocycles. The fourth-order valence-corrected chi connectivity index (χ4v) is 2.54. The summed E-state index contributed by atoms with van der Waals surface area (Å²) in [6, 6.07) is 0.0442. The van der Waals surface area contributed by atoms with E-state index in [1.165, 1.54) is 0 Å². The summed E-state index contributed by atoms with van der Waals surface area (Å²) in [5, 5.41) is 11.3. The minimum absolute atomic E-state index is 0.0430. The second-order valence-electron chi connectivity index (χ2n) is 4.97. The first-order valence-electron chi connectivity index (χ1n) is 6.62. The monoisotopic (exact) mass is 269 g/mol. The highest BCUT2D eigenvalue weighted by Gasteiger charge is 2.36. The molecule has 7 heteroatoms. The zero-order valence-electron chi connectivity index (χ0n) is 10.8. The van der Waals surface area contributed by atoms with Crippen molar-refractivity contribution in [2.24, 2.45) is 0 Å². The Morgan fingerprint density at radius 1 is 1.26 bits per heavy atom. The fourth-order valence-electron chi connectivity index (χ4n) is 2.54. The second-order valence-corrected chi connectivity index (χ2v) is 4.97. The summed E-state index contributed by atoms with van der Waals surface area (Å²) in [7, 11) is 0. The minimum Gasteiger partial charge on any atom is -0.481 e. The highest BCUT2D eigenvalue weighted by Crippen LogP contribution is 2.15. The molecule has 0 aromatic carbocycles. The van der Waals surface area contributed by atoms with Crippen LogP contribution in [0.4, 0.5) is 4.79 Å². The number of amides is 3. The van der Waals surface area contributed by atoms with Crippen LogP contribution in [-0.4, -0.2) is 65.0 Å².